The number of thiophene rings is 2. The zero-order valence-electron chi connectivity index (χ0n) is 16.4. The lowest BCUT2D eigenvalue weighted by molar-refractivity contribution is -0.140. The molecular weight excluding hydrogens is 406 g/mol. The van der Waals surface area contributed by atoms with Crippen molar-refractivity contribution in [2.24, 2.45) is 0 Å². The number of ketones is 1. The Labute approximate surface area is 178 Å². The number of allylic oxidation sites excluding steroid dienone is 3. The fraction of sp³-hybridized carbons (Fsp3) is 0.364. The van der Waals surface area contributed by atoms with E-state index in [4.69, 9.17) is 9.47 Å². The van der Waals surface area contributed by atoms with Crippen LogP contribution in [0.1, 0.15) is 42.0 Å². The minimum atomic E-state index is -0.400. The predicted octanol–water partition coefficient (Wildman–Crippen LogP) is 4.36. The van der Waals surface area contributed by atoms with Gasteiger partial charge in [-0.25, -0.2) is 4.79 Å². The van der Waals surface area contributed by atoms with E-state index in [9.17, 15) is 9.59 Å². The molecule has 1 aliphatic carbocycles. The van der Waals surface area contributed by atoms with Gasteiger partial charge in [0, 0.05) is 47.2 Å². The fourth-order valence-electron chi connectivity index (χ4n) is 4.10. The van der Waals surface area contributed by atoms with E-state index in [-0.39, 0.29) is 24.2 Å². The summed E-state index contributed by atoms with van der Waals surface area (Å²) in [4.78, 5) is 27.4. The van der Waals surface area contributed by atoms with Crippen molar-refractivity contribution in [1.82, 2.24) is 5.32 Å². The summed E-state index contributed by atoms with van der Waals surface area (Å²) in [6.07, 6.45) is 1.23. The van der Waals surface area contributed by atoms with Gasteiger partial charge in [-0.3, -0.25) is 4.79 Å². The van der Waals surface area contributed by atoms with E-state index in [0.29, 0.717) is 24.2 Å². The second kappa shape index (κ2) is 8.65. The van der Waals surface area contributed by atoms with Gasteiger partial charge in [-0.15, -0.1) is 11.3 Å². The number of Topliss-reactive ketones (excluding diaryl/α,β-unsaturated/α-hetero) is 1. The van der Waals surface area contributed by atoms with Crippen LogP contribution in [0.4, 0.5) is 0 Å². The molecule has 0 unspecified atom stereocenters. The van der Waals surface area contributed by atoms with Crippen LogP contribution in [0.3, 0.4) is 0 Å². The molecule has 0 bridgehead atoms. The zero-order valence-corrected chi connectivity index (χ0v) is 18.0. The highest BCUT2D eigenvalue weighted by Crippen LogP contribution is 2.46. The van der Waals surface area contributed by atoms with Crippen molar-refractivity contribution < 1.29 is 19.1 Å². The van der Waals surface area contributed by atoms with Crippen LogP contribution in [-0.2, 0) is 19.1 Å². The molecule has 152 valence electrons. The van der Waals surface area contributed by atoms with E-state index in [1.807, 2.05) is 35.2 Å². The molecule has 3 heterocycles. The lowest BCUT2D eigenvalue weighted by Gasteiger charge is -2.36. The first-order valence-electron chi connectivity index (χ1n) is 9.55. The summed E-state index contributed by atoms with van der Waals surface area (Å²) in [5, 5.41) is 9.40. The van der Waals surface area contributed by atoms with E-state index in [0.717, 1.165) is 23.4 Å². The Hall–Kier alpha value is -2.22. The Morgan fingerprint density at radius 1 is 1.24 bits per heavy atom. The van der Waals surface area contributed by atoms with Gasteiger partial charge < -0.3 is 14.8 Å². The third-order valence-electron chi connectivity index (χ3n) is 5.39. The summed E-state index contributed by atoms with van der Waals surface area (Å²) in [6, 6.07) is 6.10. The van der Waals surface area contributed by atoms with Gasteiger partial charge in [0.25, 0.3) is 0 Å². The van der Waals surface area contributed by atoms with E-state index in [1.54, 1.807) is 29.8 Å². The largest absolute Gasteiger partial charge is 0.460 e. The number of esters is 1. The monoisotopic (exact) mass is 429 g/mol. The molecule has 5 nitrogen and oxygen atoms in total. The molecule has 0 aromatic carbocycles. The molecule has 0 fully saturated rings. The molecule has 4 rings (SSSR count). The Morgan fingerprint density at radius 3 is 2.79 bits per heavy atom. The van der Waals surface area contributed by atoms with Crippen LogP contribution in [0, 0.1) is 0 Å². The van der Waals surface area contributed by atoms with Crippen LogP contribution in [0.5, 0.6) is 0 Å². The van der Waals surface area contributed by atoms with Crippen molar-refractivity contribution >= 4 is 34.4 Å². The standard InChI is InChI=1S/C22H23NO4S2/c1-13-19(22(25)27-7-6-26-2)20(14-5-9-28-12-14)21-16(23-13)10-15(11-17(21)24)18-4-3-8-29-18/h3-5,8-9,12,15,20,23H,6-7,10-11H2,1-2H3/t15-,20+/m1/s1. The smallest absolute Gasteiger partial charge is 0.336 e. The van der Waals surface area contributed by atoms with Crippen molar-refractivity contribution in [3.8, 4) is 0 Å². The van der Waals surface area contributed by atoms with Gasteiger partial charge in [-0.2, -0.15) is 11.3 Å². The number of hydrogen-bond donors (Lipinski definition) is 1. The van der Waals surface area contributed by atoms with Crippen molar-refractivity contribution in [3.63, 3.8) is 0 Å². The van der Waals surface area contributed by atoms with Crippen molar-refractivity contribution in [3.05, 3.63) is 67.3 Å². The van der Waals surface area contributed by atoms with Crippen molar-refractivity contribution in [1.29, 1.82) is 0 Å². The molecule has 29 heavy (non-hydrogen) atoms. The van der Waals surface area contributed by atoms with E-state index >= 15 is 0 Å². The van der Waals surface area contributed by atoms with Gasteiger partial charge in [-0.05, 0) is 47.2 Å². The SMILES string of the molecule is COCCOC(=O)C1=C(C)NC2=C(C(=O)C[C@H](c3cccs3)C2)[C@H]1c1ccsc1. The van der Waals surface area contributed by atoms with Crippen LogP contribution in [-0.4, -0.2) is 32.1 Å². The maximum absolute atomic E-state index is 13.3. The quantitative estimate of drug-likeness (QED) is 0.546. The predicted molar refractivity (Wildman–Crippen MR) is 114 cm³/mol. The number of dihydropyridines is 1. The number of methoxy groups -OCH3 is 1. The molecule has 2 aromatic heterocycles. The molecule has 2 aliphatic rings. The maximum atomic E-state index is 13.3. The summed E-state index contributed by atoms with van der Waals surface area (Å²) in [7, 11) is 1.57. The molecular formula is C22H23NO4S2. The first-order chi connectivity index (χ1) is 14.1. The van der Waals surface area contributed by atoms with Gasteiger partial charge in [0.2, 0.25) is 0 Å². The van der Waals surface area contributed by atoms with Gasteiger partial charge in [0.1, 0.15) is 6.61 Å². The summed E-state index contributed by atoms with van der Waals surface area (Å²) >= 11 is 3.25. The number of carbonyl (C=O) groups excluding carboxylic acids is 2. The lowest BCUT2D eigenvalue weighted by Crippen LogP contribution is -2.36. The number of carbonyl (C=O) groups is 2. The van der Waals surface area contributed by atoms with Crippen LogP contribution in [0.2, 0.25) is 0 Å². The second-order valence-electron chi connectivity index (χ2n) is 7.22. The van der Waals surface area contributed by atoms with Crippen LogP contribution >= 0.6 is 22.7 Å². The third-order valence-corrected chi connectivity index (χ3v) is 7.13. The van der Waals surface area contributed by atoms with Gasteiger partial charge in [0.05, 0.1) is 12.2 Å². The van der Waals surface area contributed by atoms with Gasteiger partial charge in [-0.1, -0.05) is 6.07 Å². The number of nitrogens with one attached hydrogen (secondary N) is 1. The minimum absolute atomic E-state index is 0.100. The highest BCUT2D eigenvalue weighted by atomic mass is 32.1. The number of hydrogen-bond acceptors (Lipinski definition) is 7. The Balaban J connectivity index is 1.71. The Morgan fingerprint density at radius 2 is 2.10 bits per heavy atom. The summed E-state index contributed by atoms with van der Waals surface area (Å²) < 4.78 is 10.4. The summed E-state index contributed by atoms with van der Waals surface area (Å²) in [5.74, 6) is -0.504. The third kappa shape index (κ3) is 3.95. The lowest BCUT2D eigenvalue weighted by atomic mass is 9.73. The van der Waals surface area contributed by atoms with E-state index in [2.05, 4.69) is 11.4 Å². The van der Waals surface area contributed by atoms with Crippen LogP contribution in [0.15, 0.2) is 56.9 Å². The average Bonchev–Trinajstić information content (AvgIpc) is 3.41. The zero-order chi connectivity index (χ0) is 20.4. The van der Waals surface area contributed by atoms with Crippen LogP contribution < -0.4 is 5.32 Å². The molecule has 0 saturated carbocycles. The second-order valence-corrected chi connectivity index (χ2v) is 8.98. The highest BCUT2D eigenvalue weighted by Gasteiger charge is 2.41. The fourth-order valence-corrected chi connectivity index (χ4v) is 5.62. The Bertz CT molecular complexity index is 957. The topological polar surface area (TPSA) is 64.6 Å². The first-order valence-corrected chi connectivity index (χ1v) is 11.4. The number of ether oxygens (including phenoxy) is 2. The molecule has 0 spiro atoms. The average molecular weight is 430 g/mol. The minimum Gasteiger partial charge on any atom is -0.460 e. The van der Waals surface area contributed by atoms with Gasteiger partial charge in [0.15, 0.2) is 5.78 Å². The van der Waals surface area contributed by atoms with Crippen molar-refractivity contribution in [2.45, 2.75) is 31.6 Å². The molecule has 1 aliphatic heterocycles. The highest BCUT2D eigenvalue weighted by molar-refractivity contribution is 7.10. The molecule has 0 radical (unpaired) electrons. The van der Waals surface area contributed by atoms with Crippen LogP contribution in [0.25, 0.3) is 0 Å². The molecule has 7 heteroatoms. The first kappa shape index (κ1) is 20.1. The molecule has 0 saturated heterocycles. The molecule has 2 aromatic rings. The summed E-state index contributed by atoms with van der Waals surface area (Å²) in [6.45, 7) is 2.40. The molecule has 0 amide bonds. The maximum Gasteiger partial charge on any atom is 0.336 e. The molecule has 2 atom stereocenters. The summed E-state index contributed by atoms with van der Waals surface area (Å²) in [5.41, 5.74) is 3.87. The molecule has 1 N–H and O–H groups in total. The van der Waals surface area contributed by atoms with E-state index in [1.165, 1.54) is 4.88 Å². The number of rotatable bonds is 6. The Kier molecular flexibility index (Phi) is 5.99. The van der Waals surface area contributed by atoms with Crippen molar-refractivity contribution in [2.75, 3.05) is 20.3 Å². The van der Waals surface area contributed by atoms with E-state index < -0.39 is 5.97 Å². The normalized spacial score (nSPS) is 21.8. The van der Waals surface area contributed by atoms with Gasteiger partial charge >= 0.3 is 5.97 Å².